The summed E-state index contributed by atoms with van der Waals surface area (Å²) in [5.41, 5.74) is 0. The maximum absolute atomic E-state index is 11.7. The second-order valence-corrected chi connectivity index (χ2v) is 8.65. The van der Waals surface area contributed by atoms with Crippen LogP contribution in [-0.4, -0.2) is 40.2 Å². The molecule has 0 amide bonds. The van der Waals surface area contributed by atoms with Crippen LogP contribution in [-0.2, 0) is 18.6 Å². The number of carbonyl (C=O) groups is 1. The van der Waals surface area contributed by atoms with Gasteiger partial charge in [-0.05, 0) is 32.1 Å². The van der Waals surface area contributed by atoms with Crippen molar-refractivity contribution in [3.8, 4) is 0 Å². The predicted molar refractivity (Wildman–Crippen MR) is 114 cm³/mol. The third-order valence-electron chi connectivity index (χ3n) is 4.57. The second-order valence-electron chi connectivity index (χ2n) is 7.42. The second kappa shape index (κ2) is 19.3. The van der Waals surface area contributed by atoms with Gasteiger partial charge in [-0.1, -0.05) is 70.4 Å². The molecule has 0 radical (unpaired) electrons. The molecular weight excluding hydrogens is 395 g/mol. The van der Waals surface area contributed by atoms with Crippen LogP contribution in [0.5, 0.6) is 0 Å². The van der Waals surface area contributed by atoms with Crippen LogP contribution in [0.25, 0.3) is 0 Å². The Morgan fingerprint density at radius 2 is 1.41 bits per heavy atom. The maximum atomic E-state index is 11.7. The van der Waals surface area contributed by atoms with Crippen LogP contribution in [0.2, 0.25) is 0 Å². The molecule has 0 aliphatic rings. The molecule has 0 aromatic rings. The number of esters is 1. The number of allylic oxidation sites excluding steroid dienone is 2. The molecular formula is C21H41O7P. The Balaban J connectivity index is 3.48. The Labute approximate surface area is 176 Å². The summed E-state index contributed by atoms with van der Waals surface area (Å²) in [7, 11) is -4.64. The van der Waals surface area contributed by atoms with E-state index in [1.807, 2.05) is 0 Å². The Morgan fingerprint density at radius 3 is 1.93 bits per heavy atom. The molecule has 0 bridgehead atoms. The van der Waals surface area contributed by atoms with Gasteiger partial charge in [0, 0.05) is 6.42 Å². The highest BCUT2D eigenvalue weighted by atomic mass is 31.2. The highest BCUT2D eigenvalue weighted by Gasteiger charge is 2.20. The van der Waals surface area contributed by atoms with E-state index >= 15 is 0 Å². The number of carbonyl (C=O) groups excluding carboxylic acids is 1. The first-order chi connectivity index (χ1) is 13.9. The molecule has 0 heterocycles. The molecule has 0 aromatic heterocycles. The Kier molecular flexibility index (Phi) is 18.8. The Bertz CT molecular complexity index is 462. The van der Waals surface area contributed by atoms with Crippen molar-refractivity contribution in [1.82, 2.24) is 0 Å². The van der Waals surface area contributed by atoms with Gasteiger partial charge in [0.15, 0.2) is 0 Å². The third-order valence-corrected chi connectivity index (χ3v) is 5.06. The molecule has 172 valence electrons. The van der Waals surface area contributed by atoms with E-state index in [9.17, 15) is 9.36 Å². The van der Waals surface area contributed by atoms with Crippen LogP contribution in [0.15, 0.2) is 12.2 Å². The topological polar surface area (TPSA) is 113 Å². The summed E-state index contributed by atoms with van der Waals surface area (Å²) < 4.78 is 19.8. The van der Waals surface area contributed by atoms with Gasteiger partial charge in [0.1, 0.15) is 6.10 Å². The van der Waals surface area contributed by atoms with Gasteiger partial charge in [-0.3, -0.25) is 9.32 Å². The van der Waals surface area contributed by atoms with Gasteiger partial charge in [-0.25, -0.2) is 4.57 Å². The van der Waals surface area contributed by atoms with Gasteiger partial charge in [0.2, 0.25) is 0 Å². The smallest absolute Gasteiger partial charge is 0.457 e. The average Bonchev–Trinajstić information content (AvgIpc) is 2.67. The first-order valence-electron chi connectivity index (χ1n) is 11.0. The zero-order valence-corrected chi connectivity index (χ0v) is 18.9. The molecule has 1 atom stereocenters. The lowest BCUT2D eigenvalue weighted by Crippen LogP contribution is -2.26. The van der Waals surface area contributed by atoms with Crippen molar-refractivity contribution in [1.29, 1.82) is 0 Å². The lowest BCUT2D eigenvalue weighted by molar-refractivity contribution is -0.153. The summed E-state index contributed by atoms with van der Waals surface area (Å²) in [6.07, 6.45) is 19.0. The van der Waals surface area contributed by atoms with E-state index in [1.54, 1.807) is 0 Å². The molecule has 0 saturated heterocycles. The van der Waals surface area contributed by atoms with E-state index < -0.39 is 33.1 Å². The molecule has 3 N–H and O–H groups in total. The molecule has 0 spiro atoms. The van der Waals surface area contributed by atoms with Crippen LogP contribution in [0.3, 0.4) is 0 Å². The van der Waals surface area contributed by atoms with Gasteiger partial charge in [-0.2, -0.15) is 0 Å². The van der Waals surface area contributed by atoms with E-state index in [2.05, 4.69) is 23.6 Å². The van der Waals surface area contributed by atoms with Crippen molar-refractivity contribution in [3.63, 3.8) is 0 Å². The summed E-state index contributed by atoms with van der Waals surface area (Å²) in [6, 6.07) is 0. The fraction of sp³-hybridized carbons (Fsp3) is 0.857. The summed E-state index contributed by atoms with van der Waals surface area (Å²) in [5.74, 6) is -0.486. The first kappa shape index (κ1) is 28.3. The SMILES string of the molecule is CCCCCCC=CCCCCCCCCCC(=O)O[C@H](CO)COP(=O)(O)O. The van der Waals surface area contributed by atoms with Crippen LogP contribution in [0.1, 0.15) is 96.8 Å². The number of unbranched alkanes of at least 4 members (excludes halogenated alkanes) is 11. The number of phosphoric ester groups is 1. The van der Waals surface area contributed by atoms with Crippen LogP contribution < -0.4 is 0 Å². The molecule has 0 aliphatic carbocycles. The van der Waals surface area contributed by atoms with Gasteiger partial charge < -0.3 is 19.6 Å². The number of phosphoric acid groups is 1. The summed E-state index contributed by atoms with van der Waals surface area (Å²) in [6.45, 7) is 1.16. The van der Waals surface area contributed by atoms with Crippen molar-refractivity contribution in [2.75, 3.05) is 13.2 Å². The van der Waals surface area contributed by atoms with E-state index in [4.69, 9.17) is 19.6 Å². The zero-order chi connectivity index (χ0) is 21.8. The van der Waals surface area contributed by atoms with Crippen molar-refractivity contribution in [2.24, 2.45) is 0 Å². The molecule has 0 rings (SSSR count). The summed E-state index contributed by atoms with van der Waals surface area (Å²) in [5, 5.41) is 9.06. The van der Waals surface area contributed by atoms with Crippen molar-refractivity contribution >= 4 is 13.8 Å². The summed E-state index contributed by atoms with van der Waals surface area (Å²) in [4.78, 5) is 28.9. The third kappa shape index (κ3) is 21.8. The molecule has 0 aliphatic heterocycles. The predicted octanol–water partition coefficient (Wildman–Crippen LogP) is 5.04. The van der Waals surface area contributed by atoms with Crippen LogP contribution in [0.4, 0.5) is 0 Å². The number of hydrogen-bond donors (Lipinski definition) is 3. The lowest BCUT2D eigenvalue weighted by atomic mass is 10.1. The normalized spacial score (nSPS) is 13.1. The quantitative estimate of drug-likeness (QED) is 0.106. The monoisotopic (exact) mass is 436 g/mol. The van der Waals surface area contributed by atoms with Crippen LogP contribution >= 0.6 is 7.82 Å². The molecule has 0 aromatic carbocycles. The number of hydrogen-bond acceptors (Lipinski definition) is 5. The average molecular weight is 437 g/mol. The minimum Gasteiger partial charge on any atom is -0.457 e. The molecule has 8 heteroatoms. The molecule has 7 nitrogen and oxygen atoms in total. The highest BCUT2D eigenvalue weighted by molar-refractivity contribution is 7.46. The number of ether oxygens (including phenoxy) is 1. The largest absolute Gasteiger partial charge is 0.469 e. The first-order valence-corrected chi connectivity index (χ1v) is 12.6. The number of aliphatic hydroxyl groups is 1. The summed E-state index contributed by atoms with van der Waals surface area (Å²) >= 11 is 0. The van der Waals surface area contributed by atoms with E-state index in [0.29, 0.717) is 6.42 Å². The molecule has 29 heavy (non-hydrogen) atoms. The van der Waals surface area contributed by atoms with Crippen LogP contribution in [0, 0.1) is 0 Å². The minimum atomic E-state index is -4.64. The zero-order valence-electron chi connectivity index (χ0n) is 18.0. The van der Waals surface area contributed by atoms with E-state index in [1.165, 1.54) is 51.4 Å². The number of aliphatic hydroxyl groups excluding tert-OH is 1. The van der Waals surface area contributed by atoms with E-state index in [0.717, 1.165) is 25.7 Å². The Morgan fingerprint density at radius 1 is 0.897 bits per heavy atom. The standard InChI is InChI=1S/C21H41O7P/c1-2-3-4-5-6-7-8-9-10-11-12-13-14-15-16-17-21(23)28-20(18-22)19-27-29(24,25)26/h7-8,20,22H,2-6,9-19H2,1H3,(H2,24,25,26)/t20-/m1/s1. The van der Waals surface area contributed by atoms with Crippen molar-refractivity contribution in [2.45, 2.75) is 103 Å². The fourth-order valence-corrected chi connectivity index (χ4v) is 3.25. The van der Waals surface area contributed by atoms with Gasteiger partial charge in [0.25, 0.3) is 0 Å². The lowest BCUT2D eigenvalue weighted by Gasteiger charge is -2.15. The number of rotatable bonds is 20. The van der Waals surface area contributed by atoms with Gasteiger partial charge in [0.05, 0.1) is 13.2 Å². The Hall–Kier alpha value is -0.720. The van der Waals surface area contributed by atoms with Crippen molar-refractivity contribution in [3.05, 3.63) is 12.2 Å². The highest BCUT2D eigenvalue weighted by Crippen LogP contribution is 2.35. The van der Waals surface area contributed by atoms with E-state index in [-0.39, 0.29) is 6.42 Å². The maximum Gasteiger partial charge on any atom is 0.469 e. The molecule has 0 unspecified atom stereocenters. The minimum absolute atomic E-state index is 0.232. The molecule has 0 saturated carbocycles. The fourth-order valence-electron chi connectivity index (χ4n) is 2.89. The van der Waals surface area contributed by atoms with Gasteiger partial charge >= 0.3 is 13.8 Å². The van der Waals surface area contributed by atoms with Crippen molar-refractivity contribution < 1.29 is 33.5 Å². The van der Waals surface area contributed by atoms with Gasteiger partial charge in [-0.15, -0.1) is 0 Å². The molecule has 0 fully saturated rings.